The van der Waals surface area contributed by atoms with Gasteiger partial charge in [0, 0.05) is 31.7 Å². The topological polar surface area (TPSA) is 45.9 Å². The van der Waals surface area contributed by atoms with Crippen LogP contribution in [-0.4, -0.2) is 43.8 Å². The molecule has 1 aliphatic heterocycles. The second-order valence-electron chi connectivity index (χ2n) is 5.32. The van der Waals surface area contributed by atoms with E-state index in [0.29, 0.717) is 24.7 Å². The molecule has 1 amide bonds. The summed E-state index contributed by atoms with van der Waals surface area (Å²) in [4.78, 5) is 15.6. The number of furan rings is 1. The number of carbonyl (C=O) groups excluding carboxylic acids is 1. The summed E-state index contributed by atoms with van der Waals surface area (Å²) in [5.74, 6) is 0.797. The van der Waals surface area contributed by atoms with Crippen LogP contribution in [0.1, 0.15) is 6.92 Å². The highest BCUT2D eigenvalue weighted by molar-refractivity contribution is 6.33. The van der Waals surface area contributed by atoms with Crippen LogP contribution in [0.2, 0.25) is 5.02 Å². The first-order valence-corrected chi connectivity index (χ1v) is 8.07. The Labute approximate surface area is 140 Å². The third kappa shape index (κ3) is 3.45. The molecule has 1 aromatic heterocycles. The van der Waals surface area contributed by atoms with Crippen molar-refractivity contribution in [3.63, 3.8) is 0 Å². The van der Waals surface area contributed by atoms with Crippen molar-refractivity contribution < 1.29 is 13.9 Å². The number of anilines is 1. The normalized spacial score (nSPS) is 14.9. The number of halogens is 1. The highest BCUT2D eigenvalue weighted by Gasteiger charge is 2.23. The van der Waals surface area contributed by atoms with E-state index in [1.807, 2.05) is 37.3 Å². The average molecular weight is 335 g/mol. The highest BCUT2D eigenvalue weighted by atomic mass is 35.5. The summed E-state index contributed by atoms with van der Waals surface area (Å²) in [6.45, 7) is 4.95. The van der Waals surface area contributed by atoms with Gasteiger partial charge in [-0.05, 0) is 37.3 Å². The molecule has 0 aliphatic carbocycles. The molecule has 1 saturated heterocycles. The molecule has 122 valence electrons. The number of amides is 1. The van der Waals surface area contributed by atoms with E-state index < -0.39 is 0 Å². The molecule has 0 unspecified atom stereocenters. The second-order valence-corrected chi connectivity index (χ2v) is 5.72. The summed E-state index contributed by atoms with van der Waals surface area (Å²) in [5.41, 5.74) is 1.93. The fourth-order valence-corrected chi connectivity index (χ4v) is 3.00. The van der Waals surface area contributed by atoms with Crippen LogP contribution < -0.4 is 4.90 Å². The van der Waals surface area contributed by atoms with Gasteiger partial charge in [-0.25, -0.2) is 4.79 Å². The zero-order valence-corrected chi connectivity index (χ0v) is 13.8. The van der Waals surface area contributed by atoms with Crippen molar-refractivity contribution in [1.29, 1.82) is 0 Å². The number of hydrogen-bond donors (Lipinski definition) is 0. The molecule has 2 aromatic rings. The number of carbonyl (C=O) groups is 1. The Kier molecular flexibility index (Phi) is 4.76. The van der Waals surface area contributed by atoms with Crippen LogP contribution >= 0.6 is 11.6 Å². The number of nitrogens with zero attached hydrogens (tertiary/aromatic N) is 2. The van der Waals surface area contributed by atoms with Gasteiger partial charge in [0.1, 0.15) is 5.76 Å². The van der Waals surface area contributed by atoms with Gasteiger partial charge in [-0.3, -0.25) is 0 Å². The smallest absolute Gasteiger partial charge is 0.409 e. The summed E-state index contributed by atoms with van der Waals surface area (Å²) in [6.07, 6.45) is 1.40. The predicted molar refractivity (Wildman–Crippen MR) is 90.0 cm³/mol. The van der Waals surface area contributed by atoms with Crippen LogP contribution in [0.25, 0.3) is 11.3 Å². The van der Waals surface area contributed by atoms with Crippen molar-refractivity contribution >= 4 is 23.4 Å². The molecule has 1 aliphatic rings. The number of ether oxygens (including phenoxy) is 1. The molecular weight excluding hydrogens is 316 g/mol. The van der Waals surface area contributed by atoms with Crippen molar-refractivity contribution in [2.75, 3.05) is 37.7 Å². The van der Waals surface area contributed by atoms with Crippen LogP contribution in [0.15, 0.2) is 41.0 Å². The summed E-state index contributed by atoms with van der Waals surface area (Å²) in [5, 5.41) is 0.684. The van der Waals surface area contributed by atoms with E-state index in [9.17, 15) is 4.79 Å². The Morgan fingerprint density at radius 1 is 1.26 bits per heavy atom. The van der Waals surface area contributed by atoms with Crippen LogP contribution in [0.5, 0.6) is 0 Å². The average Bonchev–Trinajstić information content (AvgIpc) is 3.10. The Morgan fingerprint density at radius 3 is 2.65 bits per heavy atom. The Balaban J connectivity index is 1.68. The molecule has 0 bridgehead atoms. The van der Waals surface area contributed by atoms with E-state index in [1.54, 1.807) is 11.2 Å². The van der Waals surface area contributed by atoms with Gasteiger partial charge in [-0.15, -0.1) is 0 Å². The molecule has 1 aromatic carbocycles. The lowest BCUT2D eigenvalue weighted by Gasteiger charge is -2.35. The van der Waals surface area contributed by atoms with Crippen LogP contribution in [0, 0.1) is 0 Å². The molecule has 0 saturated carbocycles. The number of rotatable bonds is 3. The van der Waals surface area contributed by atoms with Crippen LogP contribution in [0.4, 0.5) is 10.5 Å². The zero-order chi connectivity index (χ0) is 16.2. The van der Waals surface area contributed by atoms with Crippen molar-refractivity contribution in [2.45, 2.75) is 6.92 Å². The lowest BCUT2D eigenvalue weighted by Crippen LogP contribution is -2.49. The molecular formula is C17H19ClN2O3. The maximum Gasteiger partial charge on any atom is 0.409 e. The Hall–Kier alpha value is -2.14. The number of piperazine rings is 1. The zero-order valence-electron chi connectivity index (χ0n) is 13.0. The number of hydrogen-bond acceptors (Lipinski definition) is 4. The Morgan fingerprint density at radius 2 is 2.04 bits per heavy atom. The van der Waals surface area contributed by atoms with Gasteiger partial charge in [0.05, 0.1) is 23.6 Å². The minimum atomic E-state index is -0.244. The van der Waals surface area contributed by atoms with Gasteiger partial charge < -0.3 is 19.0 Å². The predicted octanol–water partition coefficient (Wildman–Crippen LogP) is 3.88. The van der Waals surface area contributed by atoms with Gasteiger partial charge in [-0.2, -0.15) is 0 Å². The first-order valence-electron chi connectivity index (χ1n) is 7.69. The van der Waals surface area contributed by atoms with Gasteiger partial charge in [0.25, 0.3) is 0 Å². The Bertz CT molecular complexity index is 664. The van der Waals surface area contributed by atoms with E-state index in [2.05, 4.69) is 4.90 Å². The lowest BCUT2D eigenvalue weighted by molar-refractivity contribution is 0.105. The maximum absolute atomic E-state index is 11.7. The van der Waals surface area contributed by atoms with E-state index in [4.69, 9.17) is 20.8 Å². The fourth-order valence-electron chi connectivity index (χ4n) is 2.70. The summed E-state index contributed by atoms with van der Waals surface area (Å²) in [7, 11) is 0. The quantitative estimate of drug-likeness (QED) is 0.854. The van der Waals surface area contributed by atoms with Gasteiger partial charge >= 0.3 is 6.09 Å². The summed E-state index contributed by atoms with van der Waals surface area (Å²) in [6, 6.07) is 9.67. The summed E-state index contributed by atoms with van der Waals surface area (Å²) < 4.78 is 10.4. The van der Waals surface area contributed by atoms with Gasteiger partial charge in [0.15, 0.2) is 0 Å². The largest absolute Gasteiger partial charge is 0.464 e. The molecule has 6 heteroatoms. The molecule has 0 N–H and O–H groups in total. The minimum absolute atomic E-state index is 0.244. The molecule has 0 radical (unpaired) electrons. The van der Waals surface area contributed by atoms with E-state index >= 15 is 0 Å². The third-order valence-electron chi connectivity index (χ3n) is 3.90. The third-order valence-corrected chi connectivity index (χ3v) is 4.20. The number of benzene rings is 1. The molecule has 3 rings (SSSR count). The highest BCUT2D eigenvalue weighted by Crippen LogP contribution is 2.32. The van der Waals surface area contributed by atoms with Crippen molar-refractivity contribution in [1.82, 2.24) is 4.90 Å². The molecule has 2 heterocycles. The SMILES string of the molecule is CCOC(=O)N1CCN(c2ccc(-c3ccco3)cc2Cl)CC1. The van der Waals surface area contributed by atoms with E-state index in [1.165, 1.54) is 0 Å². The van der Waals surface area contributed by atoms with Gasteiger partial charge in [0.2, 0.25) is 0 Å². The van der Waals surface area contributed by atoms with Gasteiger partial charge in [-0.1, -0.05) is 11.6 Å². The van der Waals surface area contributed by atoms with Crippen LogP contribution in [0.3, 0.4) is 0 Å². The standard InChI is InChI=1S/C17H19ClN2O3/c1-2-22-17(21)20-9-7-19(8-10-20)15-6-5-13(12-14(15)18)16-4-3-11-23-16/h3-6,11-12H,2,7-10H2,1H3. The van der Waals surface area contributed by atoms with Crippen molar-refractivity contribution in [3.05, 3.63) is 41.6 Å². The first kappa shape index (κ1) is 15.7. The van der Waals surface area contributed by atoms with Crippen molar-refractivity contribution in [2.24, 2.45) is 0 Å². The van der Waals surface area contributed by atoms with E-state index in [0.717, 1.165) is 30.1 Å². The first-order chi connectivity index (χ1) is 11.2. The monoisotopic (exact) mass is 334 g/mol. The molecule has 0 atom stereocenters. The second kappa shape index (κ2) is 6.96. The lowest BCUT2D eigenvalue weighted by atomic mass is 10.1. The maximum atomic E-state index is 11.7. The van der Waals surface area contributed by atoms with E-state index in [-0.39, 0.29) is 6.09 Å². The molecule has 0 spiro atoms. The van der Waals surface area contributed by atoms with Crippen molar-refractivity contribution in [3.8, 4) is 11.3 Å². The summed E-state index contributed by atoms with van der Waals surface area (Å²) >= 11 is 6.44. The fraction of sp³-hybridized carbons (Fsp3) is 0.353. The molecule has 1 fully saturated rings. The molecule has 5 nitrogen and oxygen atoms in total. The van der Waals surface area contributed by atoms with Crippen LogP contribution in [-0.2, 0) is 4.74 Å². The molecule has 23 heavy (non-hydrogen) atoms. The minimum Gasteiger partial charge on any atom is -0.464 e.